The number of unbranched alkanes of at least 4 members (excludes halogenated alkanes) is 1. The SMILES string of the molecule is CCCCC1C(=O)CCCC1CC. The zero-order valence-corrected chi connectivity index (χ0v) is 9.01. The number of rotatable bonds is 4. The van der Waals surface area contributed by atoms with Gasteiger partial charge in [0.05, 0.1) is 0 Å². The summed E-state index contributed by atoms with van der Waals surface area (Å²) in [6.45, 7) is 4.43. The highest BCUT2D eigenvalue weighted by atomic mass is 16.1. The van der Waals surface area contributed by atoms with E-state index in [0.717, 1.165) is 19.3 Å². The lowest BCUT2D eigenvalue weighted by Gasteiger charge is -2.29. The van der Waals surface area contributed by atoms with Crippen LogP contribution in [-0.4, -0.2) is 5.78 Å². The molecular formula is C12H22O. The normalized spacial score (nSPS) is 29.2. The minimum absolute atomic E-state index is 0.415. The monoisotopic (exact) mass is 182 g/mol. The van der Waals surface area contributed by atoms with Crippen LogP contribution in [0.2, 0.25) is 0 Å². The lowest BCUT2D eigenvalue weighted by atomic mass is 9.75. The van der Waals surface area contributed by atoms with E-state index < -0.39 is 0 Å². The molecule has 1 saturated carbocycles. The summed E-state index contributed by atoms with van der Waals surface area (Å²) < 4.78 is 0. The molecule has 2 unspecified atom stereocenters. The smallest absolute Gasteiger partial charge is 0.136 e. The van der Waals surface area contributed by atoms with Gasteiger partial charge in [-0.1, -0.05) is 33.1 Å². The summed E-state index contributed by atoms with van der Waals surface area (Å²) in [7, 11) is 0. The number of carbonyl (C=O) groups excluding carboxylic acids is 1. The van der Waals surface area contributed by atoms with Crippen LogP contribution in [-0.2, 0) is 4.79 Å². The molecule has 1 aliphatic rings. The summed E-state index contributed by atoms with van der Waals surface area (Å²) in [5.74, 6) is 1.66. The molecule has 0 aromatic carbocycles. The molecule has 0 aromatic heterocycles. The van der Waals surface area contributed by atoms with Crippen molar-refractivity contribution in [3.63, 3.8) is 0 Å². The van der Waals surface area contributed by atoms with Crippen LogP contribution in [0.25, 0.3) is 0 Å². The van der Waals surface area contributed by atoms with Crippen molar-refractivity contribution in [3.8, 4) is 0 Å². The van der Waals surface area contributed by atoms with Crippen molar-refractivity contribution >= 4 is 5.78 Å². The molecule has 0 N–H and O–H groups in total. The van der Waals surface area contributed by atoms with E-state index in [1.807, 2.05) is 0 Å². The predicted molar refractivity (Wildman–Crippen MR) is 55.7 cm³/mol. The number of carbonyl (C=O) groups is 1. The Morgan fingerprint density at radius 1 is 1.38 bits per heavy atom. The van der Waals surface area contributed by atoms with Gasteiger partial charge in [-0.05, 0) is 25.2 Å². The van der Waals surface area contributed by atoms with Crippen molar-refractivity contribution in [2.24, 2.45) is 11.8 Å². The van der Waals surface area contributed by atoms with Gasteiger partial charge in [0.25, 0.3) is 0 Å². The summed E-state index contributed by atoms with van der Waals surface area (Å²) in [5, 5.41) is 0. The van der Waals surface area contributed by atoms with E-state index in [-0.39, 0.29) is 0 Å². The van der Waals surface area contributed by atoms with Crippen LogP contribution >= 0.6 is 0 Å². The maximum Gasteiger partial charge on any atom is 0.136 e. The third-order valence-corrected chi connectivity index (χ3v) is 3.37. The van der Waals surface area contributed by atoms with Crippen molar-refractivity contribution in [1.29, 1.82) is 0 Å². The van der Waals surface area contributed by atoms with Gasteiger partial charge < -0.3 is 0 Å². The van der Waals surface area contributed by atoms with Crippen LogP contribution in [0.4, 0.5) is 0 Å². The zero-order chi connectivity index (χ0) is 9.68. The molecule has 0 radical (unpaired) electrons. The lowest BCUT2D eigenvalue weighted by molar-refractivity contribution is -0.127. The van der Waals surface area contributed by atoms with E-state index in [4.69, 9.17) is 0 Å². The van der Waals surface area contributed by atoms with E-state index in [1.54, 1.807) is 0 Å². The molecule has 1 rings (SSSR count). The Bertz CT molecular complexity index is 163. The Kier molecular flexibility index (Phi) is 4.47. The van der Waals surface area contributed by atoms with Gasteiger partial charge in [0.1, 0.15) is 5.78 Å². The molecule has 0 heterocycles. The maximum absolute atomic E-state index is 11.7. The Hall–Kier alpha value is -0.330. The third kappa shape index (κ3) is 2.82. The molecule has 1 fully saturated rings. The molecule has 0 bridgehead atoms. The molecule has 76 valence electrons. The van der Waals surface area contributed by atoms with E-state index in [0.29, 0.717) is 17.6 Å². The number of hydrogen-bond donors (Lipinski definition) is 0. The summed E-state index contributed by atoms with van der Waals surface area (Å²) in [6, 6.07) is 0. The van der Waals surface area contributed by atoms with Crippen LogP contribution in [0.3, 0.4) is 0 Å². The molecule has 0 aromatic rings. The predicted octanol–water partition coefficient (Wildman–Crippen LogP) is 3.57. The standard InChI is InChI=1S/C12H22O/c1-3-5-8-11-10(4-2)7-6-9-12(11)13/h10-11H,3-9H2,1-2H3. The molecule has 2 atom stereocenters. The zero-order valence-electron chi connectivity index (χ0n) is 9.01. The summed E-state index contributed by atoms with van der Waals surface area (Å²) in [4.78, 5) is 11.7. The fraction of sp³-hybridized carbons (Fsp3) is 0.917. The fourth-order valence-electron chi connectivity index (χ4n) is 2.50. The van der Waals surface area contributed by atoms with E-state index >= 15 is 0 Å². The van der Waals surface area contributed by atoms with Gasteiger partial charge in [0, 0.05) is 12.3 Å². The van der Waals surface area contributed by atoms with Crippen LogP contribution in [0.1, 0.15) is 58.8 Å². The highest BCUT2D eigenvalue weighted by Gasteiger charge is 2.29. The van der Waals surface area contributed by atoms with E-state index in [9.17, 15) is 4.79 Å². The van der Waals surface area contributed by atoms with Gasteiger partial charge in [-0.15, -0.1) is 0 Å². The van der Waals surface area contributed by atoms with Crippen molar-refractivity contribution in [1.82, 2.24) is 0 Å². The molecule has 0 spiro atoms. The number of hydrogen-bond acceptors (Lipinski definition) is 1. The Balaban J connectivity index is 2.46. The first-order valence-electron chi connectivity index (χ1n) is 5.82. The highest BCUT2D eigenvalue weighted by molar-refractivity contribution is 5.81. The third-order valence-electron chi connectivity index (χ3n) is 3.37. The second-order valence-electron chi connectivity index (χ2n) is 4.28. The topological polar surface area (TPSA) is 17.1 Å². The molecule has 13 heavy (non-hydrogen) atoms. The van der Waals surface area contributed by atoms with Crippen LogP contribution in [0, 0.1) is 11.8 Å². The minimum atomic E-state index is 0.415. The molecule has 0 aliphatic heterocycles. The van der Waals surface area contributed by atoms with Gasteiger partial charge in [-0.2, -0.15) is 0 Å². The van der Waals surface area contributed by atoms with Crippen LogP contribution < -0.4 is 0 Å². The molecular weight excluding hydrogens is 160 g/mol. The Morgan fingerprint density at radius 3 is 2.77 bits per heavy atom. The van der Waals surface area contributed by atoms with Gasteiger partial charge in [-0.25, -0.2) is 0 Å². The second kappa shape index (κ2) is 5.41. The quantitative estimate of drug-likeness (QED) is 0.649. The van der Waals surface area contributed by atoms with Crippen LogP contribution in [0.5, 0.6) is 0 Å². The van der Waals surface area contributed by atoms with Gasteiger partial charge >= 0.3 is 0 Å². The summed E-state index contributed by atoms with van der Waals surface area (Å²) >= 11 is 0. The first kappa shape index (κ1) is 10.7. The van der Waals surface area contributed by atoms with Crippen molar-refractivity contribution < 1.29 is 4.79 Å². The average Bonchev–Trinajstić information content (AvgIpc) is 2.15. The molecule has 0 saturated heterocycles. The van der Waals surface area contributed by atoms with Gasteiger partial charge in [-0.3, -0.25) is 4.79 Å². The minimum Gasteiger partial charge on any atom is -0.299 e. The maximum atomic E-state index is 11.7. The number of ketones is 1. The Labute approximate surface area is 81.9 Å². The van der Waals surface area contributed by atoms with Crippen molar-refractivity contribution in [2.75, 3.05) is 0 Å². The molecule has 1 aliphatic carbocycles. The first-order valence-corrected chi connectivity index (χ1v) is 5.82. The van der Waals surface area contributed by atoms with Crippen molar-refractivity contribution in [2.45, 2.75) is 58.8 Å². The highest BCUT2D eigenvalue weighted by Crippen LogP contribution is 2.32. The van der Waals surface area contributed by atoms with Crippen LogP contribution in [0.15, 0.2) is 0 Å². The largest absolute Gasteiger partial charge is 0.299 e. The van der Waals surface area contributed by atoms with Gasteiger partial charge in [0.15, 0.2) is 0 Å². The fourth-order valence-corrected chi connectivity index (χ4v) is 2.50. The number of Topliss-reactive ketones (excluding diaryl/α,β-unsaturated/α-hetero) is 1. The first-order chi connectivity index (χ1) is 6.29. The second-order valence-corrected chi connectivity index (χ2v) is 4.28. The van der Waals surface area contributed by atoms with Gasteiger partial charge in [0.2, 0.25) is 0 Å². The molecule has 1 nitrogen and oxygen atoms in total. The average molecular weight is 182 g/mol. The molecule has 0 amide bonds. The summed E-state index contributed by atoms with van der Waals surface area (Å²) in [6.07, 6.45) is 8.07. The van der Waals surface area contributed by atoms with E-state index in [2.05, 4.69) is 13.8 Å². The molecule has 1 heteroatoms. The lowest BCUT2D eigenvalue weighted by Crippen LogP contribution is -2.27. The summed E-state index contributed by atoms with van der Waals surface area (Å²) in [5.41, 5.74) is 0. The Morgan fingerprint density at radius 2 is 2.15 bits per heavy atom. The van der Waals surface area contributed by atoms with Crippen molar-refractivity contribution in [3.05, 3.63) is 0 Å². The van der Waals surface area contributed by atoms with E-state index in [1.165, 1.54) is 25.7 Å².